The molecule has 0 bridgehead atoms. The van der Waals surface area contributed by atoms with Crippen molar-refractivity contribution in [2.45, 2.75) is 19.9 Å². The van der Waals surface area contributed by atoms with Crippen LogP contribution in [-0.4, -0.2) is 44.4 Å². The molecule has 9 nitrogen and oxygen atoms in total. The van der Waals surface area contributed by atoms with Crippen molar-refractivity contribution in [2.24, 2.45) is 0 Å². The van der Waals surface area contributed by atoms with Crippen LogP contribution in [0.25, 0.3) is 10.8 Å². The molecule has 0 radical (unpaired) electrons. The van der Waals surface area contributed by atoms with E-state index in [4.69, 9.17) is 21.1 Å². The third-order valence-electron chi connectivity index (χ3n) is 6.18. The van der Waals surface area contributed by atoms with E-state index in [1.165, 1.54) is 4.90 Å². The van der Waals surface area contributed by atoms with Gasteiger partial charge < -0.3 is 14.8 Å². The summed E-state index contributed by atoms with van der Waals surface area (Å²) in [5, 5.41) is 7.90. The largest absolute Gasteiger partial charge is 0.447 e. The molecule has 0 unspecified atom stereocenters. The summed E-state index contributed by atoms with van der Waals surface area (Å²) < 4.78 is 13.5. The fourth-order valence-corrected chi connectivity index (χ4v) is 4.88. The SMILES string of the molecule is CCC[n+]1cc(Br)cc(C(=O)NCCOC(=O)N(CCOC(=O)Nc2cccc3ccccc23)c2ccc(Cl)cc2)c1. The van der Waals surface area contributed by atoms with Crippen molar-refractivity contribution in [1.82, 2.24) is 5.32 Å². The van der Waals surface area contributed by atoms with E-state index in [1.54, 1.807) is 42.6 Å². The standard InChI is InChI=1S/C31H30BrClN4O5/c1-2-15-36-20-23(19-24(32)21-36)29(38)34-14-17-42-31(40)37(26-12-10-25(33)11-13-26)16-18-41-30(39)35-28-9-5-7-22-6-3-4-8-27(22)28/h3-13,19-21H,2,14-18H2,1H3,(H-,34,35,38,39)/p+1. The molecule has 42 heavy (non-hydrogen) atoms. The summed E-state index contributed by atoms with van der Waals surface area (Å²) >= 11 is 9.45. The zero-order valence-electron chi connectivity index (χ0n) is 23.0. The first kappa shape index (κ1) is 30.8. The van der Waals surface area contributed by atoms with Crippen molar-refractivity contribution in [3.05, 3.63) is 100 Å². The first-order valence-corrected chi connectivity index (χ1v) is 14.6. The molecule has 0 atom stereocenters. The minimum Gasteiger partial charge on any atom is -0.447 e. The van der Waals surface area contributed by atoms with Gasteiger partial charge in [-0.25, -0.2) is 14.2 Å². The fourth-order valence-electron chi connectivity index (χ4n) is 4.25. The average Bonchev–Trinajstić information content (AvgIpc) is 2.98. The van der Waals surface area contributed by atoms with Crippen LogP contribution < -0.4 is 20.1 Å². The van der Waals surface area contributed by atoms with Gasteiger partial charge in [0, 0.05) is 22.5 Å². The molecule has 1 aromatic heterocycles. The lowest BCUT2D eigenvalue weighted by molar-refractivity contribution is -0.697. The van der Waals surface area contributed by atoms with E-state index >= 15 is 0 Å². The summed E-state index contributed by atoms with van der Waals surface area (Å²) in [7, 11) is 0. The van der Waals surface area contributed by atoms with Gasteiger partial charge in [0.2, 0.25) is 0 Å². The molecule has 0 fully saturated rings. The number of hydrogen-bond acceptors (Lipinski definition) is 5. The van der Waals surface area contributed by atoms with E-state index in [9.17, 15) is 14.4 Å². The smallest absolute Gasteiger partial charge is 0.414 e. The van der Waals surface area contributed by atoms with Crippen LogP contribution in [0, 0.1) is 0 Å². The van der Waals surface area contributed by atoms with Gasteiger partial charge in [-0.1, -0.05) is 54.9 Å². The fraction of sp³-hybridized carbons (Fsp3) is 0.226. The van der Waals surface area contributed by atoms with Gasteiger partial charge >= 0.3 is 12.2 Å². The van der Waals surface area contributed by atoms with E-state index in [2.05, 4.69) is 33.5 Å². The Labute approximate surface area is 257 Å². The van der Waals surface area contributed by atoms with Crippen LogP contribution >= 0.6 is 27.5 Å². The number of pyridine rings is 1. The number of nitrogens with one attached hydrogen (secondary N) is 2. The average molecular weight is 655 g/mol. The Morgan fingerprint density at radius 2 is 1.71 bits per heavy atom. The highest BCUT2D eigenvalue weighted by Gasteiger charge is 2.19. The second kappa shape index (κ2) is 15.2. The topological polar surface area (TPSA) is 101 Å². The predicted molar refractivity (Wildman–Crippen MR) is 166 cm³/mol. The number of amides is 3. The van der Waals surface area contributed by atoms with Gasteiger partial charge in [-0.05, 0) is 57.7 Å². The van der Waals surface area contributed by atoms with Gasteiger partial charge in [0.25, 0.3) is 5.91 Å². The molecule has 3 amide bonds. The molecular weight excluding hydrogens is 624 g/mol. The molecule has 0 aliphatic heterocycles. The zero-order chi connectivity index (χ0) is 29.9. The van der Waals surface area contributed by atoms with Gasteiger partial charge in [0.15, 0.2) is 12.4 Å². The maximum absolute atomic E-state index is 13.0. The van der Waals surface area contributed by atoms with Crippen LogP contribution in [0.1, 0.15) is 23.7 Å². The summed E-state index contributed by atoms with van der Waals surface area (Å²) in [6.45, 7) is 2.84. The second-order valence-electron chi connectivity index (χ2n) is 9.27. The third kappa shape index (κ3) is 8.67. The van der Waals surface area contributed by atoms with E-state index < -0.39 is 12.2 Å². The first-order valence-electron chi connectivity index (χ1n) is 13.4. The zero-order valence-corrected chi connectivity index (χ0v) is 25.4. The van der Waals surface area contributed by atoms with Crippen molar-refractivity contribution in [3.63, 3.8) is 0 Å². The summed E-state index contributed by atoms with van der Waals surface area (Å²) in [5.74, 6) is -0.280. The van der Waals surface area contributed by atoms with E-state index in [1.807, 2.05) is 47.2 Å². The molecule has 4 aromatic rings. The molecule has 0 spiro atoms. The minimum absolute atomic E-state index is 0.0330. The van der Waals surface area contributed by atoms with E-state index in [0.29, 0.717) is 22.0 Å². The predicted octanol–water partition coefficient (Wildman–Crippen LogP) is 6.57. The first-order chi connectivity index (χ1) is 20.3. The van der Waals surface area contributed by atoms with Crippen LogP contribution in [-0.2, 0) is 16.0 Å². The molecule has 11 heteroatoms. The molecule has 4 rings (SSSR count). The van der Waals surface area contributed by atoms with Crippen LogP contribution in [0.5, 0.6) is 0 Å². The van der Waals surface area contributed by atoms with Crippen molar-refractivity contribution < 1.29 is 28.4 Å². The molecular formula is C31H31BrClN4O5+. The molecule has 218 valence electrons. The number of benzene rings is 3. The van der Waals surface area contributed by atoms with E-state index in [0.717, 1.165) is 28.2 Å². The second-order valence-corrected chi connectivity index (χ2v) is 10.6. The Bertz CT molecular complexity index is 1550. The van der Waals surface area contributed by atoms with Gasteiger partial charge in [0.1, 0.15) is 25.3 Å². The number of rotatable bonds is 11. The Morgan fingerprint density at radius 3 is 2.50 bits per heavy atom. The number of aromatic nitrogens is 1. The van der Waals surface area contributed by atoms with Gasteiger partial charge in [0.05, 0.1) is 23.2 Å². The van der Waals surface area contributed by atoms with Crippen LogP contribution in [0.15, 0.2) is 89.7 Å². The maximum Gasteiger partial charge on any atom is 0.414 e. The highest BCUT2D eigenvalue weighted by Crippen LogP contribution is 2.23. The normalized spacial score (nSPS) is 10.6. The molecule has 3 aromatic carbocycles. The van der Waals surface area contributed by atoms with Crippen molar-refractivity contribution >= 4 is 67.8 Å². The molecule has 1 heterocycles. The maximum atomic E-state index is 13.0. The summed E-state index contributed by atoms with van der Waals surface area (Å²) in [6, 6.07) is 21.6. The number of carbonyl (C=O) groups excluding carboxylic acids is 3. The van der Waals surface area contributed by atoms with Gasteiger partial charge in [-0.3, -0.25) is 15.0 Å². The molecule has 0 aliphatic carbocycles. The number of hydrogen-bond donors (Lipinski definition) is 2. The molecule has 0 saturated carbocycles. The Balaban J connectivity index is 1.31. The number of nitrogens with zero attached hydrogens (tertiary/aromatic N) is 2. The lowest BCUT2D eigenvalue weighted by atomic mass is 10.1. The number of aryl methyl sites for hydroxylation is 1. The van der Waals surface area contributed by atoms with Crippen molar-refractivity contribution in [3.8, 4) is 0 Å². The lowest BCUT2D eigenvalue weighted by Crippen LogP contribution is -2.38. The highest BCUT2D eigenvalue weighted by molar-refractivity contribution is 9.10. The van der Waals surface area contributed by atoms with E-state index in [-0.39, 0.29) is 32.2 Å². The Morgan fingerprint density at radius 1 is 0.952 bits per heavy atom. The third-order valence-corrected chi connectivity index (χ3v) is 6.86. The van der Waals surface area contributed by atoms with Crippen LogP contribution in [0.2, 0.25) is 5.02 Å². The number of anilines is 2. The van der Waals surface area contributed by atoms with Crippen LogP contribution in [0.4, 0.5) is 21.0 Å². The van der Waals surface area contributed by atoms with Gasteiger partial charge in [-0.2, -0.15) is 0 Å². The summed E-state index contributed by atoms with van der Waals surface area (Å²) in [4.78, 5) is 39.5. The number of ether oxygens (including phenoxy) is 2. The molecule has 0 saturated heterocycles. The lowest BCUT2D eigenvalue weighted by Gasteiger charge is -2.22. The Hall–Kier alpha value is -4.15. The number of fused-ring (bicyclic) bond motifs is 1. The molecule has 0 aliphatic rings. The number of carbonyl (C=O) groups is 3. The van der Waals surface area contributed by atoms with Crippen molar-refractivity contribution in [1.29, 1.82) is 0 Å². The summed E-state index contributed by atoms with van der Waals surface area (Å²) in [5.41, 5.74) is 1.63. The Kier molecular flexibility index (Phi) is 11.1. The monoisotopic (exact) mass is 653 g/mol. The number of halogens is 2. The summed E-state index contributed by atoms with van der Waals surface area (Å²) in [6.07, 6.45) is 3.31. The van der Waals surface area contributed by atoms with Crippen LogP contribution in [0.3, 0.4) is 0 Å². The molecule has 2 N–H and O–H groups in total. The van der Waals surface area contributed by atoms with Crippen molar-refractivity contribution in [2.75, 3.05) is 36.5 Å². The minimum atomic E-state index is -0.659. The van der Waals surface area contributed by atoms with Gasteiger partial charge in [-0.15, -0.1) is 0 Å². The highest BCUT2D eigenvalue weighted by atomic mass is 79.9. The quantitative estimate of drug-likeness (QED) is 0.141.